The highest BCUT2D eigenvalue weighted by Crippen LogP contribution is 2.36. The number of aryl methyl sites for hydroxylation is 1. The zero-order valence-corrected chi connectivity index (χ0v) is 18.9. The Kier molecular flexibility index (Phi) is 5.65. The molecule has 158 valence electrons. The van der Waals surface area contributed by atoms with Crippen LogP contribution in [-0.4, -0.2) is 37.8 Å². The molecule has 1 N–H and O–H groups in total. The van der Waals surface area contributed by atoms with Crippen LogP contribution >= 0.6 is 11.3 Å². The highest BCUT2D eigenvalue weighted by atomic mass is 32.2. The number of piperidine rings is 1. The first kappa shape index (κ1) is 21.0. The monoisotopic (exact) mass is 443 g/mol. The van der Waals surface area contributed by atoms with Gasteiger partial charge in [-0.05, 0) is 75.5 Å². The highest BCUT2D eigenvalue weighted by molar-refractivity contribution is 7.89. The van der Waals surface area contributed by atoms with Crippen molar-refractivity contribution in [1.29, 1.82) is 0 Å². The summed E-state index contributed by atoms with van der Waals surface area (Å²) in [5.74, 6) is -0.144. The second-order valence-corrected chi connectivity index (χ2v) is 10.6. The number of hydrogen-bond donors (Lipinski definition) is 1. The standard InChI is InChI=1S/C22H25N3O3S2/c1-14-12-16(13-20(15(14)2)30(27,28)23-3)22(26)25-11-7-6-9-18(25)21-24-17-8-4-5-10-19(17)29-21/h4-5,8,10,12-13,18,23H,6-7,9,11H2,1-3H3. The molecule has 1 fully saturated rings. The van der Waals surface area contributed by atoms with Gasteiger partial charge in [0.2, 0.25) is 10.0 Å². The molecule has 30 heavy (non-hydrogen) atoms. The number of carbonyl (C=O) groups excluding carboxylic acids is 1. The fraction of sp³-hybridized carbons (Fsp3) is 0.364. The van der Waals surface area contributed by atoms with E-state index in [0.717, 1.165) is 40.1 Å². The minimum Gasteiger partial charge on any atom is -0.329 e. The molecular weight excluding hydrogens is 418 g/mol. The van der Waals surface area contributed by atoms with Crippen LogP contribution < -0.4 is 4.72 Å². The van der Waals surface area contributed by atoms with Crippen LogP contribution in [0.25, 0.3) is 10.2 Å². The minimum absolute atomic E-state index is 0.0883. The lowest BCUT2D eigenvalue weighted by Crippen LogP contribution is -2.38. The summed E-state index contributed by atoms with van der Waals surface area (Å²) in [4.78, 5) is 20.3. The Hall–Kier alpha value is -2.29. The smallest absolute Gasteiger partial charge is 0.254 e. The quantitative estimate of drug-likeness (QED) is 0.656. The Morgan fingerprint density at radius 1 is 1.20 bits per heavy atom. The van der Waals surface area contributed by atoms with E-state index in [2.05, 4.69) is 4.72 Å². The number of hydrogen-bond acceptors (Lipinski definition) is 5. The van der Waals surface area contributed by atoms with Gasteiger partial charge in [0.1, 0.15) is 5.01 Å². The van der Waals surface area contributed by atoms with Crippen molar-refractivity contribution in [3.05, 3.63) is 58.1 Å². The summed E-state index contributed by atoms with van der Waals surface area (Å²) in [6.07, 6.45) is 2.83. The maximum absolute atomic E-state index is 13.5. The van der Waals surface area contributed by atoms with Crippen LogP contribution in [0.3, 0.4) is 0 Å². The van der Waals surface area contributed by atoms with E-state index in [-0.39, 0.29) is 16.8 Å². The molecule has 1 aliphatic heterocycles. The zero-order valence-electron chi connectivity index (χ0n) is 17.3. The molecule has 0 spiro atoms. The van der Waals surface area contributed by atoms with Gasteiger partial charge < -0.3 is 4.90 Å². The Labute approximate surface area is 181 Å². The first-order valence-electron chi connectivity index (χ1n) is 10.0. The maximum atomic E-state index is 13.5. The molecule has 8 heteroatoms. The van der Waals surface area contributed by atoms with Gasteiger partial charge in [0.05, 0.1) is 21.2 Å². The molecule has 0 saturated carbocycles. The SMILES string of the molecule is CNS(=O)(=O)c1cc(C(=O)N2CCCCC2c2nc3ccccc3s2)cc(C)c1C. The molecule has 0 bridgehead atoms. The fourth-order valence-electron chi connectivity index (χ4n) is 3.97. The second-order valence-electron chi connectivity index (χ2n) is 7.65. The van der Waals surface area contributed by atoms with E-state index in [0.29, 0.717) is 17.7 Å². The van der Waals surface area contributed by atoms with Crippen LogP contribution in [0.2, 0.25) is 0 Å². The topological polar surface area (TPSA) is 79.4 Å². The number of nitrogens with one attached hydrogen (secondary N) is 1. The minimum atomic E-state index is -3.65. The van der Waals surface area contributed by atoms with Crippen molar-refractivity contribution in [2.45, 2.75) is 44.0 Å². The Morgan fingerprint density at radius 2 is 1.97 bits per heavy atom. The van der Waals surface area contributed by atoms with Crippen molar-refractivity contribution in [1.82, 2.24) is 14.6 Å². The van der Waals surface area contributed by atoms with Crippen molar-refractivity contribution < 1.29 is 13.2 Å². The predicted octanol–water partition coefficient (Wildman–Crippen LogP) is 4.19. The third-order valence-corrected chi connectivity index (χ3v) is 8.46. The van der Waals surface area contributed by atoms with Crippen LogP contribution in [0.5, 0.6) is 0 Å². The molecule has 1 aromatic heterocycles. The van der Waals surface area contributed by atoms with Gasteiger partial charge in [0.15, 0.2) is 0 Å². The van der Waals surface area contributed by atoms with Gasteiger partial charge in [-0.25, -0.2) is 18.1 Å². The van der Waals surface area contributed by atoms with Crippen molar-refractivity contribution in [2.24, 2.45) is 0 Å². The van der Waals surface area contributed by atoms with Crippen molar-refractivity contribution in [3.63, 3.8) is 0 Å². The summed E-state index contributed by atoms with van der Waals surface area (Å²) in [5.41, 5.74) is 2.79. The van der Waals surface area contributed by atoms with Crippen molar-refractivity contribution in [3.8, 4) is 0 Å². The molecule has 2 heterocycles. The fourth-order valence-corrected chi connectivity index (χ4v) is 6.15. The molecule has 2 aromatic carbocycles. The number of benzene rings is 2. The Bertz CT molecular complexity index is 1180. The van der Waals surface area contributed by atoms with Crippen LogP contribution in [0.1, 0.15) is 51.8 Å². The summed E-state index contributed by atoms with van der Waals surface area (Å²) in [6.45, 7) is 4.24. The average molecular weight is 444 g/mol. The molecule has 3 aromatic rings. The number of carbonyl (C=O) groups is 1. The summed E-state index contributed by atoms with van der Waals surface area (Å²) in [5, 5.41) is 0.941. The lowest BCUT2D eigenvalue weighted by molar-refractivity contribution is 0.0611. The van der Waals surface area contributed by atoms with Crippen LogP contribution in [0, 0.1) is 13.8 Å². The van der Waals surface area contributed by atoms with E-state index in [1.807, 2.05) is 36.1 Å². The molecule has 1 atom stereocenters. The molecule has 0 aliphatic carbocycles. The molecule has 0 radical (unpaired) electrons. The Balaban J connectivity index is 1.74. The van der Waals surface area contributed by atoms with E-state index in [1.54, 1.807) is 24.3 Å². The summed E-state index contributed by atoms with van der Waals surface area (Å²) in [6, 6.07) is 11.2. The largest absolute Gasteiger partial charge is 0.329 e. The van der Waals surface area contributed by atoms with Gasteiger partial charge in [0, 0.05) is 12.1 Å². The number of amides is 1. The van der Waals surface area contributed by atoms with E-state index >= 15 is 0 Å². The summed E-state index contributed by atoms with van der Waals surface area (Å²) in [7, 11) is -2.27. The number of aromatic nitrogens is 1. The first-order chi connectivity index (χ1) is 14.3. The second kappa shape index (κ2) is 8.09. The number of thiazole rings is 1. The highest BCUT2D eigenvalue weighted by Gasteiger charge is 2.32. The first-order valence-corrected chi connectivity index (χ1v) is 12.3. The maximum Gasteiger partial charge on any atom is 0.254 e. The molecule has 6 nitrogen and oxygen atoms in total. The number of para-hydroxylation sites is 1. The molecule has 1 amide bonds. The third kappa shape index (κ3) is 3.75. The van der Waals surface area contributed by atoms with Crippen LogP contribution in [-0.2, 0) is 10.0 Å². The molecule has 1 saturated heterocycles. The zero-order chi connectivity index (χ0) is 21.5. The predicted molar refractivity (Wildman–Crippen MR) is 119 cm³/mol. The molecule has 1 aliphatic rings. The Morgan fingerprint density at radius 3 is 2.70 bits per heavy atom. The van der Waals surface area contributed by atoms with Gasteiger partial charge in [-0.3, -0.25) is 4.79 Å². The van der Waals surface area contributed by atoms with Crippen LogP contribution in [0.4, 0.5) is 0 Å². The summed E-state index contributed by atoms with van der Waals surface area (Å²) >= 11 is 1.63. The number of fused-ring (bicyclic) bond motifs is 1. The van der Waals surface area contributed by atoms with E-state index in [4.69, 9.17) is 4.98 Å². The number of nitrogens with zero attached hydrogens (tertiary/aromatic N) is 2. The van der Waals surface area contributed by atoms with Gasteiger partial charge in [-0.2, -0.15) is 0 Å². The molecule has 1 unspecified atom stereocenters. The average Bonchev–Trinajstić information content (AvgIpc) is 3.19. The van der Waals surface area contributed by atoms with Crippen LogP contribution in [0.15, 0.2) is 41.3 Å². The van der Waals surface area contributed by atoms with Crippen molar-refractivity contribution in [2.75, 3.05) is 13.6 Å². The van der Waals surface area contributed by atoms with E-state index in [9.17, 15) is 13.2 Å². The summed E-state index contributed by atoms with van der Waals surface area (Å²) < 4.78 is 28.4. The lowest BCUT2D eigenvalue weighted by Gasteiger charge is -2.34. The van der Waals surface area contributed by atoms with E-state index < -0.39 is 10.0 Å². The third-order valence-electron chi connectivity index (χ3n) is 5.78. The number of likely N-dealkylation sites (tertiary alicyclic amines) is 1. The number of rotatable bonds is 4. The van der Waals surface area contributed by atoms with Crippen molar-refractivity contribution >= 4 is 37.5 Å². The van der Waals surface area contributed by atoms with Gasteiger partial charge in [-0.15, -0.1) is 11.3 Å². The van der Waals surface area contributed by atoms with E-state index in [1.165, 1.54) is 13.1 Å². The van der Waals surface area contributed by atoms with Gasteiger partial charge in [0.25, 0.3) is 5.91 Å². The normalized spacial score (nSPS) is 17.4. The molecule has 4 rings (SSSR count). The van der Waals surface area contributed by atoms with Gasteiger partial charge >= 0.3 is 0 Å². The van der Waals surface area contributed by atoms with Gasteiger partial charge in [-0.1, -0.05) is 12.1 Å². The molecular formula is C22H25N3O3S2. The number of sulfonamides is 1. The lowest BCUT2D eigenvalue weighted by atomic mass is 9.99.